The molecule has 0 spiro atoms. The van der Waals surface area contributed by atoms with E-state index in [2.05, 4.69) is 173 Å². The van der Waals surface area contributed by atoms with Crippen molar-refractivity contribution in [2.75, 3.05) is 18.5 Å². The lowest BCUT2D eigenvalue weighted by Crippen LogP contribution is -2.49. The summed E-state index contributed by atoms with van der Waals surface area (Å²) in [6.45, 7) is 38.6. The summed E-state index contributed by atoms with van der Waals surface area (Å²) in [5, 5.41) is 80.8. The third kappa shape index (κ3) is 18.1. The molecular formula is C117H160BrCl3F2O7. The highest BCUT2D eigenvalue weighted by atomic mass is 79.9. The van der Waals surface area contributed by atoms with Gasteiger partial charge in [0.2, 0.25) is 0 Å². The van der Waals surface area contributed by atoms with Crippen LogP contribution in [0.2, 0.25) is 0 Å². The van der Waals surface area contributed by atoms with E-state index in [1.54, 1.807) is 5.57 Å². The van der Waals surface area contributed by atoms with Crippen LogP contribution < -0.4 is 0 Å². The molecule has 130 heavy (non-hydrogen) atoms. The third-order valence-corrected chi connectivity index (χ3v) is 44.1. The Balaban J connectivity index is 0.000000114. The van der Waals surface area contributed by atoms with E-state index in [1.165, 1.54) is 175 Å². The number of alkyl halides is 3. The molecule has 21 aliphatic carbocycles. The summed E-state index contributed by atoms with van der Waals surface area (Å²) in [6.07, 6.45) is 55.0. The number of rotatable bonds is 9. The number of aliphatic hydroxyl groups excluding tert-OH is 2. The van der Waals surface area contributed by atoms with Crippen LogP contribution in [0.3, 0.4) is 0 Å². The number of hydrogen-bond acceptors (Lipinski definition) is 7. The summed E-state index contributed by atoms with van der Waals surface area (Å²) < 4.78 is 26.5. The Morgan fingerprint density at radius 2 is 0.600 bits per heavy atom. The van der Waals surface area contributed by atoms with Crippen molar-refractivity contribution in [2.45, 2.75) is 353 Å². The molecular weight excluding hydrogens is 1740 g/mol. The van der Waals surface area contributed by atoms with Gasteiger partial charge in [0.25, 0.3) is 6.43 Å². The van der Waals surface area contributed by atoms with Crippen LogP contribution in [0.4, 0.5) is 8.78 Å². The van der Waals surface area contributed by atoms with Gasteiger partial charge in [-0.2, -0.15) is 0 Å². The van der Waals surface area contributed by atoms with Crippen LogP contribution in [0, 0.1) is 227 Å². The minimum absolute atomic E-state index is 0.0833. The van der Waals surface area contributed by atoms with Gasteiger partial charge in [-0.1, -0.05) is 188 Å². The summed E-state index contributed by atoms with van der Waals surface area (Å²) in [6, 6.07) is 0. The average molecular weight is 1900 g/mol. The number of halogens is 6. The normalized spacial score (nSPS) is 47.7. The van der Waals surface area contributed by atoms with Crippen molar-refractivity contribution in [3.05, 3.63) is 119 Å². The molecule has 7 N–H and O–H groups in total. The molecule has 13 heteroatoms. The van der Waals surface area contributed by atoms with Crippen LogP contribution in [-0.4, -0.2) is 88.7 Å². The van der Waals surface area contributed by atoms with Gasteiger partial charge in [0.15, 0.2) is 0 Å². The Hall–Kier alpha value is -3.43. The Morgan fingerprint density at radius 3 is 0.854 bits per heavy atom. The summed E-state index contributed by atoms with van der Waals surface area (Å²) in [4.78, 5) is 0. The largest absolute Gasteiger partial charge is 0.392 e. The van der Waals surface area contributed by atoms with Crippen molar-refractivity contribution in [1.82, 2.24) is 0 Å². The SMILES string of the molecule is C=C(C)[C@H]1CC[C@H]2[C@@H]3CC=C4C[C@@](O)(C#CC5CC5)CC[C@@H]4[C@H]3CC[C@]12C.C=C(C)[C@H]1CC[C@H]2[C@@H]3CC=C4C[C@@](O)(C#CCl)CC[C@@H]4[C@H]3CC[C@]12C.C=C(CBr)[C@H]1CC[C@H]2[C@@H]3CC=C4C[C@@](O)(C#CCl)CC[C@@H]4[C@H]3CC[C@]12C.C=C(CO)[C@H]1CC[C@H]2[C@@H]3CC=C4C[C@@](O)(C(F)F)CC[C@@H]4[C@H]3CC[C@]12C.C=C(CO)[C@H]1CC[C@H]2[C@@H]3CC=C4C[C@](O)(C#CCl)CC[C@@H]4[C@H]3CC[C@]12C. The van der Waals surface area contributed by atoms with E-state index in [1.807, 2.05) is 0 Å². The van der Waals surface area contributed by atoms with Gasteiger partial charge in [-0.05, 0) is 472 Å². The molecule has 16 saturated carbocycles. The molecule has 0 aliphatic heterocycles. The number of aliphatic hydroxyl groups is 7. The van der Waals surface area contributed by atoms with Gasteiger partial charge in [-0.15, -0.1) is 0 Å². The Kier molecular flexibility index (Phi) is 28.9. The summed E-state index contributed by atoms with van der Waals surface area (Å²) in [5.41, 5.74) is 9.94. The maximum atomic E-state index is 13.3. The molecule has 21 aliphatic rings. The van der Waals surface area contributed by atoms with Crippen molar-refractivity contribution in [2.24, 2.45) is 181 Å². The fraction of sp³-hybridized carbons (Fsp3) is 0.761. The highest BCUT2D eigenvalue weighted by molar-refractivity contribution is 9.09. The average Bonchev–Trinajstić information content (AvgIpc) is 1.53. The van der Waals surface area contributed by atoms with Gasteiger partial charge in [-0.25, -0.2) is 8.78 Å². The molecule has 0 aromatic carbocycles. The summed E-state index contributed by atoms with van der Waals surface area (Å²) in [5.74, 6) is 33.5. The topological polar surface area (TPSA) is 142 Å². The van der Waals surface area contributed by atoms with Crippen molar-refractivity contribution >= 4 is 50.7 Å². The monoisotopic (exact) mass is 1900 g/mol. The first-order chi connectivity index (χ1) is 61.9. The van der Waals surface area contributed by atoms with E-state index < -0.39 is 34.4 Å². The van der Waals surface area contributed by atoms with Crippen LogP contribution in [0.25, 0.3) is 0 Å². The molecule has 35 atom stereocenters. The number of allylic oxidation sites excluding steroid dienone is 8. The lowest BCUT2D eigenvalue weighted by molar-refractivity contribution is -0.119. The van der Waals surface area contributed by atoms with Crippen LogP contribution in [0.1, 0.15) is 318 Å². The van der Waals surface area contributed by atoms with Crippen molar-refractivity contribution in [3.63, 3.8) is 0 Å². The molecule has 0 amide bonds. The Bertz CT molecular complexity index is 4630. The van der Waals surface area contributed by atoms with Crippen LogP contribution >= 0.6 is 50.7 Å². The van der Waals surface area contributed by atoms with Gasteiger partial charge in [-0.3, -0.25) is 0 Å². The molecule has 21 rings (SSSR count). The van der Waals surface area contributed by atoms with Gasteiger partial charge in [0.1, 0.15) is 28.0 Å². The fourth-order valence-electron chi connectivity index (χ4n) is 36.8. The van der Waals surface area contributed by atoms with Crippen LogP contribution in [0.15, 0.2) is 119 Å². The Morgan fingerprint density at radius 1 is 0.346 bits per heavy atom. The first kappa shape index (κ1) is 98.2. The van der Waals surface area contributed by atoms with Gasteiger partial charge < -0.3 is 35.7 Å². The fourth-order valence-corrected chi connectivity index (χ4v) is 37.7. The molecule has 7 nitrogen and oxygen atoms in total. The molecule has 0 aromatic rings. The summed E-state index contributed by atoms with van der Waals surface area (Å²) >= 11 is 20.4. The van der Waals surface area contributed by atoms with Gasteiger partial charge in [0, 0.05) is 59.5 Å². The molecule has 0 aromatic heterocycles. The maximum Gasteiger partial charge on any atom is 0.267 e. The van der Waals surface area contributed by atoms with E-state index in [-0.39, 0.29) is 31.5 Å². The highest BCUT2D eigenvalue weighted by Crippen LogP contribution is 2.72. The van der Waals surface area contributed by atoms with E-state index in [4.69, 9.17) is 34.8 Å². The predicted molar refractivity (Wildman–Crippen MR) is 530 cm³/mol. The quantitative estimate of drug-likeness (QED) is 0.0693. The minimum Gasteiger partial charge on any atom is -0.392 e. The first-order valence-corrected chi connectivity index (χ1v) is 54.5. The van der Waals surface area contributed by atoms with E-state index in [0.29, 0.717) is 112 Å². The number of hydrogen-bond donors (Lipinski definition) is 7. The van der Waals surface area contributed by atoms with Crippen LogP contribution in [-0.2, 0) is 0 Å². The van der Waals surface area contributed by atoms with E-state index in [0.717, 1.165) is 201 Å². The third-order valence-electron chi connectivity index (χ3n) is 43.1. The Labute approximate surface area is 806 Å². The first-order valence-electron chi connectivity index (χ1n) is 52.3. The smallest absolute Gasteiger partial charge is 0.267 e. The predicted octanol–water partition coefficient (Wildman–Crippen LogP) is 27.0. The molecule has 0 heterocycles. The molecule has 0 bridgehead atoms. The van der Waals surface area contributed by atoms with Crippen molar-refractivity contribution in [3.8, 4) is 45.7 Å². The minimum atomic E-state index is -2.66. The second-order valence-electron chi connectivity index (χ2n) is 49.1. The van der Waals surface area contributed by atoms with Gasteiger partial charge in [0.05, 0.1) is 13.2 Å². The molecule has 0 saturated heterocycles. The standard InChI is InChI=1S/C26H36O.C23H30BrClO.C23H31ClO2.C23H31ClO.C22H32F2O2/c1-17(2)23-8-9-24-22-7-6-19-16-26(27,14-10-18-4-5-18)15-12-20(19)21(22)11-13-25(23,24)3;1-15(14-24)20-5-6-21-19-4-3-16-13-23(26,11-12-25)10-8-17(16)18(19)7-9-22(20,21)2;1-15(14-25)20-5-6-21-19-4-3-16-13-23(26,11-12-24)10-8-17(16)18(19)7-9-22(20,21)2;1-15(2)20-6-7-21-19-5-4-16-14-23(25,12-13-24)11-9-17(16)18(19)8-10-22(20,21)3;1-13(12-25)18-5-6-19-17-4-3-14-11-22(26,20(23)24)10-8-15(14)16(17)7-9-21(18,19)2/h6,18,20-24,27H,1,4-5,7-9,11-13,15-16H2,2-3H3;3,17-21,26H,1,4-10,13-14H2,2H3;3,17-21,25-26H,1,4-10,13-14H2,2H3;4,17-21,25H,1,5-11,14H2,2-3H3;3,15-20,25-26H,1,4-12H2,2H3/t20-,21+,22+,23+,24-,25+,26+;17-,18+,19+,20+,21-,22+,23-;17-,18+,19+,20+,21-,22+,23+;17-,18+,19+,20+,21-,22+,23-;15-,16+,17+,18+,19-,21+,22+/m00000/s1. The summed E-state index contributed by atoms with van der Waals surface area (Å²) in [7, 11) is 0. The molecule has 712 valence electrons. The second-order valence-corrected chi connectivity index (χ2v) is 50.2. The van der Waals surface area contributed by atoms with Crippen molar-refractivity contribution in [1.29, 1.82) is 0 Å². The second kappa shape index (κ2) is 38.3. The van der Waals surface area contributed by atoms with E-state index in [9.17, 15) is 44.5 Å². The molecule has 16 fully saturated rings. The maximum absolute atomic E-state index is 13.3. The number of fused-ring (bicyclic) bond motifs is 25. The molecule has 0 unspecified atom stereocenters. The zero-order chi connectivity index (χ0) is 92.4. The molecule has 0 radical (unpaired) electrons. The lowest BCUT2D eigenvalue weighted by Gasteiger charge is -2.54. The van der Waals surface area contributed by atoms with E-state index >= 15 is 0 Å². The van der Waals surface area contributed by atoms with Crippen LogP contribution in [0.5, 0.6) is 0 Å². The zero-order valence-corrected chi connectivity index (χ0v) is 84.1. The zero-order valence-electron chi connectivity index (χ0n) is 80.2. The lowest BCUT2D eigenvalue weighted by atomic mass is 9.51. The highest BCUT2D eigenvalue weighted by Gasteiger charge is 2.64. The van der Waals surface area contributed by atoms with Crippen molar-refractivity contribution < 1.29 is 44.5 Å². The van der Waals surface area contributed by atoms with Gasteiger partial charge >= 0.3 is 0 Å².